The summed E-state index contributed by atoms with van der Waals surface area (Å²) >= 11 is 0. The molecule has 0 aromatic heterocycles. The van der Waals surface area contributed by atoms with Crippen LogP contribution in [0.3, 0.4) is 0 Å². The topological polar surface area (TPSA) is 47.3 Å². The fraction of sp³-hybridized carbons (Fsp3) is 0.500. The molecule has 1 rings (SSSR count). The highest BCUT2D eigenvalue weighted by molar-refractivity contribution is 5.63. The molecule has 0 heterocycles. The Morgan fingerprint density at radius 3 is 2.60 bits per heavy atom. The number of ether oxygens (including phenoxy) is 1. The highest BCUT2D eigenvalue weighted by atomic mass is 16.5. The van der Waals surface area contributed by atoms with Gasteiger partial charge in [0.15, 0.2) is 0 Å². The normalized spacial score (nSPS) is 12.3. The first kappa shape index (κ1) is 11.9. The molecule has 3 heteroatoms. The lowest BCUT2D eigenvalue weighted by atomic mass is 10.1. The third kappa shape index (κ3) is 3.13. The lowest BCUT2D eigenvalue weighted by Gasteiger charge is -2.16. The molecular weight excluding hydrogens is 188 g/mol. The Balaban J connectivity index is 2.93. The van der Waals surface area contributed by atoms with Crippen molar-refractivity contribution in [3.63, 3.8) is 0 Å². The smallest absolute Gasteiger partial charge is 0.142 e. The summed E-state index contributed by atoms with van der Waals surface area (Å²) in [7, 11) is 1.69. The van der Waals surface area contributed by atoms with E-state index in [1.54, 1.807) is 7.11 Å². The molecule has 1 atom stereocenters. The second-order valence-corrected chi connectivity index (χ2v) is 4.02. The number of nitrogens with two attached hydrogens (primary N) is 1. The maximum absolute atomic E-state index is 5.71. The van der Waals surface area contributed by atoms with Crippen molar-refractivity contribution < 1.29 is 4.74 Å². The molecule has 0 aliphatic rings. The highest BCUT2D eigenvalue weighted by Crippen LogP contribution is 2.29. The van der Waals surface area contributed by atoms with Gasteiger partial charge in [0.05, 0.1) is 12.8 Å². The molecule has 0 saturated heterocycles. The maximum Gasteiger partial charge on any atom is 0.142 e. The van der Waals surface area contributed by atoms with Gasteiger partial charge in [-0.15, -0.1) is 0 Å². The van der Waals surface area contributed by atoms with E-state index in [-0.39, 0.29) is 6.04 Å². The second-order valence-electron chi connectivity index (χ2n) is 4.02. The van der Waals surface area contributed by atoms with Crippen LogP contribution in [-0.4, -0.2) is 19.7 Å². The van der Waals surface area contributed by atoms with Crippen LogP contribution in [0.1, 0.15) is 18.1 Å². The van der Waals surface area contributed by atoms with Gasteiger partial charge >= 0.3 is 0 Å². The van der Waals surface area contributed by atoms with Crippen molar-refractivity contribution in [3.8, 4) is 5.75 Å². The lowest BCUT2D eigenvalue weighted by molar-refractivity contribution is 0.415. The van der Waals surface area contributed by atoms with Gasteiger partial charge in [-0.25, -0.2) is 0 Å². The van der Waals surface area contributed by atoms with Crippen LogP contribution < -0.4 is 15.8 Å². The van der Waals surface area contributed by atoms with E-state index in [9.17, 15) is 0 Å². The van der Waals surface area contributed by atoms with E-state index in [4.69, 9.17) is 10.5 Å². The summed E-state index contributed by atoms with van der Waals surface area (Å²) < 4.78 is 5.34. The standard InChI is InChI=1S/C12H20N2O/c1-8-5-9(2)12(11(6-8)15-4)14-7-10(3)13/h5-6,10,14H,7,13H2,1-4H3. The quantitative estimate of drug-likeness (QED) is 0.796. The van der Waals surface area contributed by atoms with Gasteiger partial charge in [-0.2, -0.15) is 0 Å². The molecule has 3 nitrogen and oxygen atoms in total. The summed E-state index contributed by atoms with van der Waals surface area (Å²) in [5, 5.41) is 3.31. The van der Waals surface area contributed by atoms with Crippen molar-refractivity contribution in [1.82, 2.24) is 0 Å². The molecule has 0 saturated carbocycles. The summed E-state index contributed by atoms with van der Waals surface area (Å²) in [6, 6.07) is 4.29. The molecule has 3 N–H and O–H groups in total. The van der Waals surface area contributed by atoms with Crippen LogP contribution in [-0.2, 0) is 0 Å². The third-order valence-electron chi connectivity index (χ3n) is 2.26. The van der Waals surface area contributed by atoms with E-state index in [0.29, 0.717) is 0 Å². The molecule has 0 bridgehead atoms. The Morgan fingerprint density at radius 1 is 1.40 bits per heavy atom. The van der Waals surface area contributed by atoms with Crippen LogP contribution in [0.4, 0.5) is 5.69 Å². The van der Waals surface area contributed by atoms with Crippen LogP contribution in [0.2, 0.25) is 0 Å². The minimum Gasteiger partial charge on any atom is -0.495 e. The van der Waals surface area contributed by atoms with Crippen molar-refractivity contribution in [3.05, 3.63) is 23.3 Å². The van der Waals surface area contributed by atoms with Gasteiger partial charge in [0.25, 0.3) is 0 Å². The Morgan fingerprint density at radius 2 is 2.07 bits per heavy atom. The Labute approximate surface area is 91.6 Å². The van der Waals surface area contributed by atoms with Crippen molar-refractivity contribution >= 4 is 5.69 Å². The molecule has 1 unspecified atom stereocenters. The van der Waals surface area contributed by atoms with Crippen LogP contribution >= 0.6 is 0 Å². The van der Waals surface area contributed by atoms with Crippen molar-refractivity contribution in [1.29, 1.82) is 0 Å². The number of aryl methyl sites for hydroxylation is 2. The number of hydrogen-bond acceptors (Lipinski definition) is 3. The summed E-state index contributed by atoms with van der Waals surface area (Å²) in [5.74, 6) is 0.883. The van der Waals surface area contributed by atoms with Crippen LogP contribution in [0, 0.1) is 13.8 Å². The predicted molar refractivity (Wildman–Crippen MR) is 64.6 cm³/mol. The zero-order valence-corrected chi connectivity index (χ0v) is 9.92. The molecule has 0 aliphatic carbocycles. The second kappa shape index (κ2) is 5.03. The third-order valence-corrected chi connectivity index (χ3v) is 2.26. The van der Waals surface area contributed by atoms with Gasteiger partial charge in [0, 0.05) is 12.6 Å². The molecular formula is C12H20N2O. The number of nitrogens with one attached hydrogen (secondary N) is 1. The zero-order chi connectivity index (χ0) is 11.4. The van der Waals surface area contributed by atoms with E-state index in [0.717, 1.165) is 18.0 Å². The first-order chi connectivity index (χ1) is 7.04. The number of anilines is 1. The van der Waals surface area contributed by atoms with Crippen molar-refractivity contribution in [2.24, 2.45) is 5.73 Å². The van der Waals surface area contributed by atoms with Gasteiger partial charge in [-0.05, 0) is 38.0 Å². The monoisotopic (exact) mass is 208 g/mol. The molecule has 0 radical (unpaired) electrons. The van der Waals surface area contributed by atoms with E-state index in [2.05, 4.69) is 25.2 Å². The molecule has 15 heavy (non-hydrogen) atoms. The van der Waals surface area contributed by atoms with Crippen molar-refractivity contribution in [2.45, 2.75) is 26.8 Å². The summed E-state index contributed by atoms with van der Waals surface area (Å²) in [4.78, 5) is 0. The van der Waals surface area contributed by atoms with Gasteiger partial charge in [-0.3, -0.25) is 0 Å². The van der Waals surface area contributed by atoms with Crippen LogP contribution in [0.15, 0.2) is 12.1 Å². The Kier molecular flexibility index (Phi) is 3.97. The summed E-state index contributed by atoms with van der Waals surface area (Å²) in [6.45, 7) is 6.85. The summed E-state index contributed by atoms with van der Waals surface area (Å²) in [5.41, 5.74) is 9.14. The maximum atomic E-state index is 5.71. The largest absolute Gasteiger partial charge is 0.495 e. The SMILES string of the molecule is COc1cc(C)cc(C)c1NCC(C)N. The number of methoxy groups -OCH3 is 1. The predicted octanol–water partition coefficient (Wildman–Crippen LogP) is 2.07. The average Bonchev–Trinajstić information content (AvgIpc) is 2.14. The lowest BCUT2D eigenvalue weighted by Crippen LogP contribution is -2.25. The van der Waals surface area contributed by atoms with Crippen molar-refractivity contribution in [2.75, 3.05) is 19.0 Å². The minimum absolute atomic E-state index is 0.135. The first-order valence-electron chi connectivity index (χ1n) is 5.19. The average molecular weight is 208 g/mol. The number of benzene rings is 1. The fourth-order valence-electron chi connectivity index (χ4n) is 1.58. The van der Waals surface area contributed by atoms with E-state index < -0.39 is 0 Å². The number of rotatable bonds is 4. The fourth-order valence-corrected chi connectivity index (χ4v) is 1.58. The van der Waals surface area contributed by atoms with Crippen LogP contribution in [0.25, 0.3) is 0 Å². The van der Waals surface area contributed by atoms with E-state index in [1.165, 1.54) is 11.1 Å². The molecule has 0 fully saturated rings. The summed E-state index contributed by atoms with van der Waals surface area (Å²) in [6.07, 6.45) is 0. The van der Waals surface area contributed by atoms with Gasteiger partial charge in [-0.1, -0.05) is 6.07 Å². The Bertz CT molecular complexity index is 335. The number of hydrogen-bond donors (Lipinski definition) is 2. The molecule has 0 spiro atoms. The van der Waals surface area contributed by atoms with Gasteiger partial charge < -0.3 is 15.8 Å². The van der Waals surface area contributed by atoms with Gasteiger partial charge in [0.2, 0.25) is 0 Å². The van der Waals surface area contributed by atoms with Crippen LogP contribution in [0.5, 0.6) is 5.75 Å². The highest BCUT2D eigenvalue weighted by Gasteiger charge is 2.07. The molecule has 1 aromatic rings. The molecule has 84 valence electrons. The first-order valence-corrected chi connectivity index (χ1v) is 5.19. The molecule has 0 amide bonds. The Hall–Kier alpha value is -1.22. The molecule has 1 aromatic carbocycles. The van der Waals surface area contributed by atoms with E-state index >= 15 is 0 Å². The minimum atomic E-state index is 0.135. The van der Waals surface area contributed by atoms with E-state index in [1.807, 2.05) is 13.0 Å². The molecule has 0 aliphatic heterocycles. The van der Waals surface area contributed by atoms with Gasteiger partial charge in [0.1, 0.15) is 5.75 Å². The zero-order valence-electron chi connectivity index (χ0n) is 9.92.